The topological polar surface area (TPSA) is 46.3 Å². The van der Waals surface area contributed by atoms with Gasteiger partial charge in [0.25, 0.3) is 0 Å². The van der Waals surface area contributed by atoms with Crippen LogP contribution in [0, 0.1) is 5.92 Å². The zero-order chi connectivity index (χ0) is 9.84. The van der Waals surface area contributed by atoms with Crippen molar-refractivity contribution in [1.82, 2.24) is 4.90 Å². The van der Waals surface area contributed by atoms with Crippen LogP contribution >= 0.6 is 0 Å². The molecule has 2 N–H and O–H groups in total. The smallest absolute Gasteiger partial charge is 0.245 e. The SMILES string of the molecule is C=CC(=O)N1CCC(N)C(CC)C1. The lowest BCUT2D eigenvalue weighted by atomic mass is 9.91. The van der Waals surface area contributed by atoms with Crippen molar-refractivity contribution in [2.24, 2.45) is 11.7 Å². The summed E-state index contributed by atoms with van der Waals surface area (Å²) in [6.45, 7) is 7.18. The molecule has 3 nitrogen and oxygen atoms in total. The molecule has 0 bridgehead atoms. The number of piperidine rings is 1. The van der Waals surface area contributed by atoms with E-state index in [-0.39, 0.29) is 11.9 Å². The van der Waals surface area contributed by atoms with Gasteiger partial charge in [-0.1, -0.05) is 19.9 Å². The summed E-state index contributed by atoms with van der Waals surface area (Å²) in [5.41, 5.74) is 5.93. The minimum absolute atomic E-state index is 0.0327. The van der Waals surface area contributed by atoms with Gasteiger partial charge in [0.2, 0.25) is 5.91 Å². The van der Waals surface area contributed by atoms with Crippen molar-refractivity contribution in [3.8, 4) is 0 Å². The molecule has 2 unspecified atom stereocenters. The number of hydrogen-bond donors (Lipinski definition) is 1. The van der Waals surface area contributed by atoms with E-state index in [1.165, 1.54) is 6.08 Å². The van der Waals surface area contributed by atoms with Gasteiger partial charge in [0.05, 0.1) is 0 Å². The molecule has 1 saturated heterocycles. The maximum atomic E-state index is 11.3. The lowest BCUT2D eigenvalue weighted by molar-refractivity contribution is -0.128. The van der Waals surface area contributed by atoms with Crippen LogP contribution in [0.1, 0.15) is 19.8 Å². The highest BCUT2D eigenvalue weighted by Gasteiger charge is 2.26. The van der Waals surface area contributed by atoms with E-state index in [0.717, 1.165) is 25.9 Å². The zero-order valence-electron chi connectivity index (χ0n) is 8.20. The van der Waals surface area contributed by atoms with E-state index in [4.69, 9.17) is 5.73 Å². The van der Waals surface area contributed by atoms with Crippen LogP contribution < -0.4 is 5.73 Å². The molecule has 74 valence electrons. The number of nitrogens with zero attached hydrogens (tertiary/aromatic N) is 1. The third-order valence-corrected chi connectivity index (χ3v) is 2.80. The molecule has 1 amide bonds. The van der Waals surface area contributed by atoms with Gasteiger partial charge in [0.15, 0.2) is 0 Å². The van der Waals surface area contributed by atoms with Gasteiger partial charge in [0, 0.05) is 19.1 Å². The third-order valence-electron chi connectivity index (χ3n) is 2.80. The van der Waals surface area contributed by atoms with Crippen molar-refractivity contribution >= 4 is 5.91 Å². The van der Waals surface area contributed by atoms with Crippen LogP contribution in [0.2, 0.25) is 0 Å². The molecule has 1 fully saturated rings. The van der Waals surface area contributed by atoms with E-state index in [1.54, 1.807) is 0 Å². The Hall–Kier alpha value is -0.830. The first kappa shape index (κ1) is 10.3. The number of rotatable bonds is 2. The molecular weight excluding hydrogens is 164 g/mol. The molecular formula is C10H18N2O. The molecule has 1 aliphatic rings. The summed E-state index contributed by atoms with van der Waals surface area (Å²) in [6.07, 6.45) is 3.34. The second-order valence-corrected chi connectivity index (χ2v) is 3.61. The highest BCUT2D eigenvalue weighted by atomic mass is 16.2. The summed E-state index contributed by atoms with van der Waals surface area (Å²) >= 11 is 0. The fraction of sp³-hybridized carbons (Fsp3) is 0.700. The standard InChI is InChI=1S/C10H18N2O/c1-3-8-7-12(10(13)4-2)6-5-9(8)11/h4,8-9H,2-3,5-7,11H2,1H3. The molecule has 13 heavy (non-hydrogen) atoms. The molecule has 1 heterocycles. The Morgan fingerprint density at radius 3 is 3.00 bits per heavy atom. The molecule has 0 saturated carbocycles. The van der Waals surface area contributed by atoms with Crippen molar-refractivity contribution in [2.75, 3.05) is 13.1 Å². The van der Waals surface area contributed by atoms with Crippen molar-refractivity contribution in [3.05, 3.63) is 12.7 Å². The number of nitrogens with two attached hydrogens (primary N) is 1. The Balaban J connectivity index is 2.54. The summed E-state index contributed by atoms with van der Waals surface area (Å²) in [5.74, 6) is 0.489. The van der Waals surface area contributed by atoms with Crippen LogP contribution in [0.25, 0.3) is 0 Å². The first-order valence-electron chi connectivity index (χ1n) is 4.86. The Bertz CT molecular complexity index is 203. The van der Waals surface area contributed by atoms with E-state index in [0.29, 0.717) is 5.92 Å². The number of likely N-dealkylation sites (tertiary alicyclic amines) is 1. The molecule has 0 aliphatic carbocycles. The maximum absolute atomic E-state index is 11.3. The summed E-state index contributed by atoms with van der Waals surface area (Å²) < 4.78 is 0. The monoisotopic (exact) mass is 182 g/mol. The van der Waals surface area contributed by atoms with Gasteiger partial charge in [-0.3, -0.25) is 4.79 Å². The molecule has 0 aromatic rings. The highest BCUT2D eigenvalue weighted by Crippen LogP contribution is 2.18. The first-order chi connectivity index (χ1) is 6.19. The molecule has 1 rings (SSSR count). The first-order valence-corrected chi connectivity index (χ1v) is 4.86. The quantitative estimate of drug-likeness (QED) is 0.641. The van der Waals surface area contributed by atoms with Crippen LogP contribution in [0.4, 0.5) is 0 Å². The maximum Gasteiger partial charge on any atom is 0.245 e. The fourth-order valence-corrected chi connectivity index (χ4v) is 1.81. The number of hydrogen-bond acceptors (Lipinski definition) is 2. The van der Waals surface area contributed by atoms with Gasteiger partial charge in [-0.05, 0) is 18.4 Å². The van der Waals surface area contributed by atoms with Crippen LogP contribution in [-0.4, -0.2) is 29.9 Å². The van der Waals surface area contributed by atoms with Gasteiger partial charge >= 0.3 is 0 Å². The van der Waals surface area contributed by atoms with Gasteiger partial charge < -0.3 is 10.6 Å². The third kappa shape index (κ3) is 2.31. The number of amides is 1. The van der Waals surface area contributed by atoms with E-state index >= 15 is 0 Å². The normalized spacial score (nSPS) is 28.6. The lowest BCUT2D eigenvalue weighted by Crippen LogP contribution is -2.48. The van der Waals surface area contributed by atoms with E-state index in [2.05, 4.69) is 13.5 Å². The van der Waals surface area contributed by atoms with Crippen LogP contribution in [0.3, 0.4) is 0 Å². The largest absolute Gasteiger partial charge is 0.339 e. The Morgan fingerprint density at radius 2 is 2.46 bits per heavy atom. The summed E-state index contributed by atoms with van der Waals surface area (Å²) in [6, 6.07) is 0.263. The molecule has 0 aromatic carbocycles. The van der Waals surface area contributed by atoms with Crippen LogP contribution in [0.15, 0.2) is 12.7 Å². The lowest BCUT2D eigenvalue weighted by Gasteiger charge is -2.35. The minimum Gasteiger partial charge on any atom is -0.339 e. The fourth-order valence-electron chi connectivity index (χ4n) is 1.81. The van der Waals surface area contributed by atoms with Crippen molar-refractivity contribution < 1.29 is 4.79 Å². The summed E-state index contributed by atoms with van der Waals surface area (Å²) in [4.78, 5) is 13.1. The Morgan fingerprint density at radius 1 is 1.77 bits per heavy atom. The van der Waals surface area contributed by atoms with Gasteiger partial charge in [-0.15, -0.1) is 0 Å². The van der Waals surface area contributed by atoms with Crippen molar-refractivity contribution in [2.45, 2.75) is 25.8 Å². The van der Waals surface area contributed by atoms with Gasteiger partial charge in [-0.25, -0.2) is 0 Å². The zero-order valence-corrected chi connectivity index (χ0v) is 8.20. The van der Waals surface area contributed by atoms with Crippen molar-refractivity contribution in [1.29, 1.82) is 0 Å². The average Bonchev–Trinajstić information content (AvgIpc) is 2.17. The van der Waals surface area contributed by atoms with Crippen LogP contribution in [-0.2, 0) is 4.79 Å². The molecule has 0 radical (unpaired) electrons. The van der Waals surface area contributed by atoms with Crippen molar-refractivity contribution in [3.63, 3.8) is 0 Å². The van der Waals surface area contributed by atoms with Crippen LogP contribution in [0.5, 0.6) is 0 Å². The van der Waals surface area contributed by atoms with Gasteiger partial charge in [-0.2, -0.15) is 0 Å². The Kier molecular flexibility index (Phi) is 3.48. The van der Waals surface area contributed by atoms with E-state index < -0.39 is 0 Å². The molecule has 1 aliphatic heterocycles. The second-order valence-electron chi connectivity index (χ2n) is 3.61. The predicted octanol–water partition coefficient (Wildman–Crippen LogP) is 0.758. The molecule has 2 atom stereocenters. The predicted molar refractivity (Wildman–Crippen MR) is 53.2 cm³/mol. The van der Waals surface area contributed by atoms with E-state index in [1.807, 2.05) is 4.90 Å². The molecule has 0 spiro atoms. The highest BCUT2D eigenvalue weighted by molar-refractivity contribution is 5.87. The van der Waals surface area contributed by atoms with E-state index in [9.17, 15) is 4.79 Å². The summed E-state index contributed by atoms with van der Waals surface area (Å²) in [7, 11) is 0. The van der Waals surface area contributed by atoms with Gasteiger partial charge in [0.1, 0.15) is 0 Å². The molecule has 0 aromatic heterocycles. The average molecular weight is 182 g/mol. The number of carbonyl (C=O) groups is 1. The minimum atomic E-state index is 0.0327. The summed E-state index contributed by atoms with van der Waals surface area (Å²) in [5, 5.41) is 0. The molecule has 3 heteroatoms. The second kappa shape index (κ2) is 4.42. The number of carbonyl (C=O) groups excluding carboxylic acids is 1. The Labute approximate surface area is 79.6 Å².